The lowest BCUT2D eigenvalue weighted by atomic mass is 10.1. The van der Waals surface area contributed by atoms with Crippen LogP contribution in [0.4, 0.5) is 14.9 Å². The van der Waals surface area contributed by atoms with Gasteiger partial charge in [0.15, 0.2) is 0 Å². The molecule has 1 aliphatic rings. The quantitative estimate of drug-likeness (QED) is 0.743. The average Bonchev–Trinajstić information content (AvgIpc) is 3.41. The van der Waals surface area contributed by atoms with E-state index in [-0.39, 0.29) is 23.8 Å². The predicted octanol–water partition coefficient (Wildman–Crippen LogP) is 3.39. The number of carbonyl (C=O) groups excluding carboxylic acids is 2. The number of amides is 3. The van der Waals surface area contributed by atoms with Crippen LogP contribution in [0, 0.1) is 12.7 Å². The molecule has 1 saturated carbocycles. The Bertz CT molecular complexity index is 818. The van der Waals surface area contributed by atoms with E-state index in [1.54, 1.807) is 18.2 Å². The van der Waals surface area contributed by atoms with Gasteiger partial charge in [-0.25, -0.2) is 9.18 Å². The van der Waals surface area contributed by atoms with E-state index in [0.717, 1.165) is 24.0 Å². The smallest absolute Gasteiger partial charge is 0.319 e. The van der Waals surface area contributed by atoms with E-state index in [0.29, 0.717) is 24.2 Å². The van der Waals surface area contributed by atoms with Gasteiger partial charge in [0.05, 0.1) is 0 Å². The van der Waals surface area contributed by atoms with Gasteiger partial charge in [0.2, 0.25) is 0 Å². The van der Waals surface area contributed by atoms with Crippen LogP contribution in [0.5, 0.6) is 0 Å². The van der Waals surface area contributed by atoms with Crippen LogP contribution in [0.1, 0.15) is 34.3 Å². The van der Waals surface area contributed by atoms with Crippen LogP contribution in [0.25, 0.3) is 0 Å². The predicted molar refractivity (Wildman–Crippen MR) is 98.8 cm³/mol. The fraction of sp³-hybridized carbons (Fsp3) is 0.300. The van der Waals surface area contributed by atoms with Crippen molar-refractivity contribution in [1.82, 2.24) is 10.6 Å². The number of halogens is 1. The minimum atomic E-state index is -0.357. The van der Waals surface area contributed by atoms with Crippen LogP contribution in [0.15, 0.2) is 42.5 Å². The molecule has 5 nitrogen and oxygen atoms in total. The van der Waals surface area contributed by atoms with Gasteiger partial charge in [0, 0.05) is 23.8 Å². The van der Waals surface area contributed by atoms with Gasteiger partial charge in [0.1, 0.15) is 5.82 Å². The summed E-state index contributed by atoms with van der Waals surface area (Å²) in [6, 6.07) is 11.5. The van der Waals surface area contributed by atoms with Crippen molar-refractivity contribution < 1.29 is 14.0 Å². The molecule has 0 saturated heterocycles. The number of hydrogen-bond acceptors (Lipinski definition) is 2. The van der Waals surface area contributed by atoms with Crippen molar-refractivity contribution >= 4 is 17.6 Å². The van der Waals surface area contributed by atoms with Crippen molar-refractivity contribution in [3.8, 4) is 0 Å². The average molecular weight is 355 g/mol. The maximum Gasteiger partial charge on any atom is 0.319 e. The molecule has 0 atom stereocenters. The zero-order chi connectivity index (χ0) is 18.5. The van der Waals surface area contributed by atoms with Crippen molar-refractivity contribution in [2.24, 2.45) is 0 Å². The highest BCUT2D eigenvalue weighted by atomic mass is 19.1. The molecule has 0 bridgehead atoms. The molecule has 0 heterocycles. The molecule has 0 unspecified atom stereocenters. The molecule has 136 valence electrons. The number of urea groups is 1. The first-order valence-electron chi connectivity index (χ1n) is 8.72. The maximum atomic E-state index is 13.1. The lowest BCUT2D eigenvalue weighted by Crippen LogP contribution is -2.31. The number of benzene rings is 2. The van der Waals surface area contributed by atoms with E-state index in [9.17, 15) is 14.0 Å². The molecule has 26 heavy (non-hydrogen) atoms. The summed E-state index contributed by atoms with van der Waals surface area (Å²) in [5.41, 5.74) is 2.81. The second-order valence-electron chi connectivity index (χ2n) is 6.54. The summed E-state index contributed by atoms with van der Waals surface area (Å²) in [6.07, 6.45) is 2.58. The molecule has 6 heteroatoms. The van der Waals surface area contributed by atoms with Crippen LogP contribution in [0.2, 0.25) is 0 Å². The number of carbonyl (C=O) groups is 2. The lowest BCUT2D eigenvalue weighted by Gasteiger charge is -2.12. The van der Waals surface area contributed by atoms with E-state index < -0.39 is 0 Å². The summed E-state index contributed by atoms with van der Waals surface area (Å²) in [4.78, 5) is 24.2. The molecule has 0 aliphatic heterocycles. The molecular formula is C20H22FN3O2. The molecule has 3 rings (SSSR count). The zero-order valence-electron chi connectivity index (χ0n) is 14.6. The minimum absolute atomic E-state index is 0.123. The van der Waals surface area contributed by atoms with Crippen molar-refractivity contribution in [2.45, 2.75) is 32.2 Å². The summed E-state index contributed by atoms with van der Waals surface area (Å²) >= 11 is 0. The molecule has 3 amide bonds. The van der Waals surface area contributed by atoms with Gasteiger partial charge in [-0.2, -0.15) is 0 Å². The van der Waals surface area contributed by atoms with Crippen LogP contribution in [-0.4, -0.2) is 24.5 Å². The van der Waals surface area contributed by atoms with Crippen LogP contribution in [-0.2, 0) is 6.42 Å². The van der Waals surface area contributed by atoms with Crippen molar-refractivity contribution in [1.29, 1.82) is 0 Å². The first kappa shape index (κ1) is 17.9. The molecule has 2 aromatic carbocycles. The van der Waals surface area contributed by atoms with Crippen molar-refractivity contribution in [3.05, 3.63) is 65.0 Å². The largest absolute Gasteiger partial charge is 0.349 e. The molecule has 2 aromatic rings. The zero-order valence-corrected chi connectivity index (χ0v) is 14.6. The van der Waals surface area contributed by atoms with Crippen LogP contribution >= 0.6 is 0 Å². The molecule has 1 aliphatic carbocycles. The van der Waals surface area contributed by atoms with Gasteiger partial charge in [-0.05, 0) is 61.6 Å². The minimum Gasteiger partial charge on any atom is -0.349 e. The van der Waals surface area contributed by atoms with Gasteiger partial charge in [-0.15, -0.1) is 0 Å². The van der Waals surface area contributed by atoms with Gasteiger partial charge in [0.25, 0.3) is 5.91 Å². The van der Waals surface area contributed by atoms with E-state index in [1.165, 1.54) is 12.1 Å². The highest BCUT2D eigenvalue weighted by molar-refractivity contribution is 5.97. The summed E-state index contributed by atoms with van der Waals surface area (Å²) in [7, 11) is 0. The summed E-state index contributed by atoms with van der Waals surface area (Å²) in [5.74, 6) is -0.411. The van der Waals surface area contributed by atoms with Gasteiger partial charge >= 0.3 is 6.03 Å². The van der Waals surface area contributed by atoms with Gasteiger partial charge < -0.3 is 16.0 Å². The molecular weight excluding hydrogens is 333 g/mol. The van der Waals surface area contributed by atoms with Crippen molar-refractivity contribution in [3.63, 3.8) is 0 Å². The third-order valence-corrected chi connectivity index (χ3v) is 4.25. The number of anilines is 1. The summed E-state index contributed by atoms with van der Waals surface area (Å²) in [5, 5.41) is 8.44. The lowest BCUT2D eigenvalue weighted by molar-refractivity contribution is 0.0951. The standard InChI is InChI=1S/C20H22FN3O2/c1-13-5-6-15(19(25)23-17-7-8-17)12-18(13)24-20(26)22-10-9-14-3-2-4-16(21)11-14/h2-6,11-12,17H,7-10H2,1H3,(H,23,25)(H2,22,24,26). The molecule has 1 fully saturated rings. The second-order valence-corrected chi connectivity index (χ2v) is 6.54. The number of aryl methyl sites for hydroxylation is 1. The molecule has 0 radical (unpaired) electrons. The normalized spacial score (nSPS) is 13.2. The summed E-state index contributed by atoms with van der Waals surface area (Å²) in [6.45, 7) is 2.25. The second kappa shape index (κ2) is 7.99. The van der Waals surface area contributed by atoms with E-state index in [2.05, 4.69) is 16.0 Å². The Morgan fingerprint density at radius 2 is 1.96 bits per heavy atom. The monoisotopic (exact) mass is 355 g/mol. The highest BCUT2D eigenvalue weighted by Gasteiger charge is 2.24. The van der Waals surface area contributed by atoms with E-state index in [4.69, 9.17) is 0 Å². The van der Waals surface area contributed by atoms with E-state index in [1.807, 2.05) is 19.1 Å². The first-order valence-corrected chi connectivity index (χ1v) is 8.72. The highest BCUT2D eigenvalue weighted by Crippen LogP contribution is 2.21. The van der Waals surface area contributed by atoms with Gasteiger partial charge in [-0.3, -0.25) is 4.79 Å². The van der Waals surface area contributed by atoms with E-state index >= 15 is 0 Å². The van der Waals surface area contributed by atoms with Gasteiger partial charge in [-0.1, -0.05) is 18.2 Å². The fourth-order valence-electron chi connectivity index (χ4n) is 2.57. The maximum absolute atomic E-state index is 13.1. The van der Waals surface area contributed by atoms with Crippen LogP contribution in [0.3, 0.4) is 0 Å². The number of rotatable bonds is 6. The Kier molecular flexibility index (Phi) is 5.51. The Balaban J connectivity index is 1.53. The molecule has 0 aromatic heterocycles. The third kappa shape index (κ3) is 5.05. The fourth-order valence-corrected chi connectivity index (χ4v) is 2.57. The summed E-state index contributed by atoms with van der Waals surface area (Å²) < 4.78 is 13.1. The Hall–Kier alpha value is -2.89. The Labute approximate surface area is 152 Å². The third-order valence-electron chi connectivity index (χ3n) is 4.25. The molecule has 0 spiro atoms. The van der Waals surface area contributed by atoms with Crippen molar-refractivity contribution in [2.75, 3.05) is 11.9 Å². The SMILES string of the molecule is Cc1ccc(C(=O)NC2CC2)cc1NC(=O)NCCc1cccc(F)c1. The first-order chi connectivity index (χ1) is 12.5. The Morgan fingerprint density at radius 3 is 2.69 bits per heavy atom. The number of nitrogens with one attached hydrogen (secondary N) is 3. The topological polar surface area (TPSA) is 70.2 Å². The molecule has 3 N–H and O–H groups in total. The number of hydrogen-bond donors (Lipinski definition) is 3. The Morgan fingerprint density at radius 1 is 1.15 bits per heavy atom. The van der Waals surface area contributed by atoms with Crippen LogP contribution < -0.4 is 16.0 Å².